The molecule has 0 amide bonds. The van der Waals surface area contributed by atoms with Gasteiger partial charge in [0, 0.05) is 19.3 Å². The van der Waals surface area contributed by atoms with Gasteiger partial charge in [-0.1, -0.05) is 13.3 Å². The van der Waals surface area contributed by atoms with Gasteiger partial charge in [-0.15, -0.1) is 0 Å². The fraction of sp³-hybridized carbons (Fsp3) is 1.00. The standard InChI is InChI=1S/C14H27NO/c1-11-3-4-13(9-11)14(15-2)10-12-5-7-16-8-6-12/h11-15H,3-10H2,1-2H3. The largest absolute Gasteiger partial charge is 0.381 e. The van der Waals surface area contributed by atoms with Gasteiger partial charge in [-0.25, -0.2) is 0 Å². The summed E-state index contributed by atoms with van der Waals surface area (Å²) in [5, 5.41) is 3.57. The molecular weight excluding hydrogens is 198 g/mol. The van der Waals surface area contributed by atoms with E-state index in [4.69, 9.17) is 4.74 Å². The molecular formula is C14H27NO. The van der Waals surface area contributed by atoms with Crippen LogP contribution in [-0.2, 0) is 4.74 Å². The van der Waals surface area contributed by atoms with E-state index in [9.17, 15) is 0 Å². The Morgan fingerprint density at radius 1 is 1.19 bits per heavy atom. The minimum atomic E-state index is 0.757. The van der Waals surface area contributed by atoms with Crippen LogP contribution in [-0.4, -0.2) is 26.3 Å². The van der Waals surface area contributed by atoms with E-state index in [1.165, 1.54) is 38.5 Å². The van der Waals surface area contributed by atoms with Crippen molar-refractivity contribution >= 4 is 0 Å². The van der Waals surface area contributed by atoms with Crippen LogP contribution in [0.4, 0.5) is 0 Å². The summed E-state index contributed by atoms with van der Waals surface area (Å²) in [5.74, 6) is 2.79. The molecule has 94 valence electrons. The predicted octanol–water partition coefficient (Wildman–Crippen LogP) is 2.83. The van der Waals surface area contributed by atoms with Gasteiger partial charge >= 0.3 is 0 Å². The highest BCUT2D eigenvalue weighted by molar-refractivity contribution is 4.84. The Hall–Kier alpha value is -0.0800. The highest BCUT2D eigenvalue weighted by Crippen LogP contribution is 2.35. The van der Waals surface area contributed by atoms with Crippen LogP contribution < -0.4 is 5.32 Å². The first kappa shape index (κ1) is 12.4. The summed E-state index contributed by atoms with van der Waals surface area (Å²) in [6.45, 7) is 4.38. The lowest BCUT2D eigenvalue weighted by Crippen LogP contribution is -2.35. The average Bonchev–Trinajstić information content (AvgIpc) is 2.74. The smallest absolute Gasteiger partial charge is 0.0468 e. The van der Waals surface area contributed by atoms with Gasteiger partial charge in [0.05, 0.1) is 0 Å². The van der Waals surface area contributed by atoms with Crippen molar-refractivity contribution in [3.05, 3.63) is 0 Å². The van der Waals surface area contributed by atoms with E-state index in [1.807, 2.05) is 0 Å². The summed E-state index contributed by atoms with van der Waals surface area (Å²) in [6.07, 6.45) is 8.25. The molecule has 2 heteroatoms. The SMILES string of the molecule is CNC(CC1CCOCC1)C1CCC(C)C1. The van der Waals surface area contributed by atoms with E-state index in [2.05, 4.69) is 19.3 Å². The molecule has 2 aliphatic rings. The second kappa shape index (κ2) is 6.02. The molecule has 0 spiro atoms. The van der Waals surface area contributed by atoms with Crippen LogP contribution in [0.15, 0.2) is 0 Å². The lowest BCUT2D eigenvalue weighted by Gasteiger charge is -2.30. The quantitative estimate of drug-likeness (QED) is 0.794. The summed E-state index contributed by atoms with van der Waals surface area (Å²) in [5.41, 5.74) is 0. The minimum absolute atomic E-state index is 0.757. The number of nitrogens with one attached hydrogen (secondary N) is 1. The van der Waals surface area contributed by atoms with Gasteiger partial charge < -0.3 is 10.1 Å². The molecule has 0 radical (unpaired) electrons. The molecule has 1 aliphatic heterocycles. The van der Waals surface area contributed by atoms with Crippen LogP contribution in [0.2, 0.25) is 0 Å². The fourth-order valence-electron chi connectivity index (χ4n) is 3.50. The molecule has 0 aromatic rings. The molecule has 0 aromatic carbocycles. The van der Waals surface area contributed by atoms with E-state index < -0.39 is 0 Å². The lowest BCUT2D eigenvalue weighted by atomic mass is 9.85. The van der Waals surface area contributed by atoms with Crippen molar-refractivity contribution < 1.29 is 4.74 Å². The van der Waals surface area contributed by atoms with Crippen molar-refractivity contribution in [3.8, 4) is 0 Å². The summed E-state index contributed by atoms with van der Waals surface area (Å²) in [7, 11) is 2.15. The molecule has 2 nitrogen and oxygen atoms in total. The molecule has 3 atom stereocenters. The molecule has 1 heterocycles. The normalized spacial score (nSPS) is 34.1. The summed E-state index contributed by atoms with van der Waals surface area (Å²) in [4.78, 5) is 0. The Labute approximate surface area is 100 Å². The van der Waals surface area contributed by atoms with Crippen molar-refractivity contribution in [1.29, 1.82) is 0 Å². The molecule has 2 fully saturated rings. The molecule has 1 saturated heterocycles. The monoisotopic (exact) mass is 225 g/mol. The van der Waals surface area contributed by atoms with Crippen LogP contribution in [0, 0.1) is 17.8 Å². The van der Waals surface area contributed by atoms with E-state index in [1.54, 1.807) is 0 Å². The maximum atomic E-state index is 5.44. The highest BCUT2D eigenvalue weighted by Gasteiger charge is 2.29. The molecule has 1 N–H and O–H groups in total. The summed E-state index contributed by atoms with van der Waals surface area (Å²) >= 11 is 0. The Bertz CT molecular complexity index is 201. The molecule has 1 saturated carbocycles. The number of rotatable bonds is 4. The molecule has 3 unspecified atom stereocenters. The van der Waals surface area contributed by atoms with E-state index >= 15 is 0 Å². The number of ether oxygens (including phenoxy) is 1. The maximum Gasteiger partial charge on any atom is 0.0468 e. The van der Waals surface area contributed by atoms with E-state index in [0.717, 1.165) is 37.0 Å². The zero-order valence-electron chi connectivity index (χ0n) is 10.9. The third-order valence-corrected chi connectivity index (χ3v) is 4.60. The van der Waals surface area contributed by atoms with E-state index in [-0.39, 0.29) is 0 Å². The molecule has 0 aromatic heterocycles. The van der Waals surface area contributed by atoms with Gasteiger partial charge in [0.2, 0.25) is 0 Å². The summed E-state index contributed by atoms with van der Waals surface area (Å²) < 4.78 is 5.44. The van der Waals surface area contributed by atoms with Crippen LogP contribution in [0.1, 0.15) is 45.4 Å². The second-order valence-corrected chi connectivity index (χ2v) is 5.86. The first-order valence-electron chi connectivity index (χ1n) is 7.04. The van der Waals surface area contributed by atoms with Crippen molar-refractivity contribution in [1.82, 2.24) is 5.32 Å². The Kier molecular flexibility index (Phi) is 4.66. The molecule has 1 aliphatic carbocycles. The third kappa shape index (κ3) is 3.21. The zero-order chi connectivity index (χ0) is 11.4. The average molecular weight is 225 g/mol. The second-order valence-electron chi connectivity index (χ2n) is 5.86. The molecule has 2 rings (SSSR count). The Balaban J connectivity index is 1.80. The fourth-order valence-corrected chi connectivity index (χ4v) is 3.50. The first-order chi connectivity index (χ1) is 7.79. The number of hydrogen-bond donors (Lipinski definition) is 1. The van der Waals surface area contributed by atoms with Crippen LogP contribution in [0.3, 0.4) is 0 Å². The van der Waals surface area contributed by atoms with Gasteiger partial charge in [0.25, 0.3) is 0 Å². The molecule has 0 bridgehead atoms. The summed E-state index contributed by atoms with van der Waals surface area (Å²) in [6, 6.07) is 0.757. The van der Waals surface area contributed by atoms with Gasteiger partial charge in [-0.2, -0.15) is 0 Å². The van der Waals surface area contributed by atoms with Gasteiger partial charge in [-0.05, 0) is 56.9 Å². The zero-order valence-corrected chi connectivity index (χ0v) is 10.9. The predicted molar refractivity (Wildman–Crippen MR) is 67.5 cm³/mol. The van der Waals surface area contributed by atoms with Gasteiger partial charge in [-0.3, -0.25) is 0 Å². The highest BCUT2D eigenvalue weighted by atomic mass is 16.5. The van der Waals surface area contributed by atoms with Crippen molar-refractivity contribution in [3.63, 3.8) is 0 Å². The van der Waals surface area contributed by atoms with Crippen molar-refractivity contribution in [2.24, 2.45) is 17.8 Å². The lowest BCUT2D eigenvalue weighted by molar-refractivity contribution is 0.0582. The van der Waals surface area contributed by atoms with Gasteiger partial charge in [0.15, 0.2) is 0 Å². The number of hydrogen-bond acceptors (Lipinski definition) is 2. The van der Waals surface area contributed by atoms with Crippen LogP contribution in [0.25, 0.3) is 0 Å². The maximum absolute atomic E-state index is 5.44. The third-order valence-electron chi connectivity index (χ3n) is 4.60. The topological polar surface area (TPSA) is 21.3 Å². The van der Waals surface area contributed by atoms with Crippen LogP contribution >= 0.6 is 0 Å². The van der Waals surface area contributed by atoms with Crippen molar-refractivity contribution in [2.45, 2.75) is 51.5 Å². The Morgan fingerprint density at radius 2 is 1.94 bits per heavy atom. The van der Waals surface area contributed by atoms with Gasteiger partial charge in [0.1, 0.15) is 0 Å². The molecule has 16 heavy (non-hydrogen) atoms. The van der Waals surface area contributed by atoms with Crippen LogP contribution in [0.5, 0.6) is 0 Å². The van der Waals surface area contributed by atoms with Crippen molar-refractivity contribution in [2.75, 3.05) is 20.3 Å². The minimum Gasteiger partial charge on any atom is -0.381 e. The first-order valence-corrected chi connectivity index (χ1v) is 7.04. The Morgan fingerprint density at radius 3 is 2.50 bits per heavy atom. The van der Waals surface area contributed by atoms with E-state index in [0.29, 0.717) is 0 Å².